The number of nitrogens with one attached hydrogen (secondary N) is 2. The SMILES string of the molecule is O=C(NCC1(O)CCC1)NC1CCN(c2ccccn2)C1. The summed E-state index contributed by atoms with van der Waals surface area (Å²) >= 11 is 0. The highest BCUT2D eigenvalue weighted by molar-refractivity contribution is 5.74. The van der Waals surface area contributed by atoms with E-state index < -0.39 is 5.60 Å². The van der Waals surface area contributed by atoms with Crippen molar-refractivity contribution in [3.05, 3.63) is 24.4 Å². The average molecular weight is 290 g/mol. The molecule has 2 heterocycles. The van der Waals surface area contributed by atoms with Gasteiger partial charge in [0, 0.05) is 31.9 Å². The lowest BCUT2D eigenvalue weighted by atomic mass is 9.80. The van der Waals surface area contributed by atoms with Crippen LogP contribution in [0.25, 0.3) is 0 Å². The average Bonchev–Trinajstić information content (AvgIpc) is 2.92. The second kappa shape index (κ2) is 5.89. The Balaban J connectivity index is 1.43. The van der Waals surface area contributed by atoms with Gasteiger partial charge in [-0.05, 0) is 37.8 Å². The van der Waals surface area contributed by atoms with Gasteiger partial charge < -0.3 is 20.6 Å². The molecule has 1 saturated carbocycles. The van der Waals surface area contributed by atoms with E-state index in [2.05, 4.69) is 20.5 Å². The molecule has 3 N–H and O–H groups in total. The molecule has 1 aliphatic heterocycles. The number of aromatic nitrogens is 1. The van der Waals surface area contributed by atoms with E-state index in [1.807, 2.05) is 18.2 Å². The highest BCUT2D eigenvalue weighted by Crippen LogP contribution is 2.30. The van der Waals surface area contributed by atoms with Crippen molar-refractivity contribution >= 4 is 11.8 Å². The van der Waals surface area contributed by atoms with E-state index in [1.165, 1.54) is 0 Å². The number of nitrogens with zero attached hydrogens (tertiary/aromatic N) is 2. The van der Waals surface area contributed by atoms with Crippen LogP contribution in [-0.2, 0) is 0 Å². The quantitative estimate of drug-likeness (QED) is 0.769. The predicted octanol–water partition coefficient (Wildman–Crippen LogP) is 0.874. The van der Waals surface area contributed by atoms with E-state index in [4.69, 9.17) is 0 Å². The topological polar surface area (TPSA) is 77.5 Å². The number of hydrogen-bond donors (Lipinski definition) is 3. The summed E-state index contributed by atoms with van der Waals surface area (Å²) in [5.74, 6) is 0.950. The van der Waals surface area contributed by atoms with Crippen molar-refractivity contribution in [3.8, 4) is 0 Å². The molecular formula is C15H22N4O2. The van der Waals surface area contributed by atoms with Gasteiger partial charge in [0.1, 0.15) is 5.82 Å². The monoisotopic (exact) mass is 290 g/mol. The maximum Gasteiger partial charge on any atom is 0.315 e. The minimum Gasteiger partial charge on any atom is -0.388 e. The maximum atomic E-state index is 11.9. The van der Waals surface area contributed by atoms with Crippen LogP contribution in [0.15, 0.2) is 24.4 Å². The summed E-state index contributed by atoms with van der Waals surface area (Å²) in [5, 5.41) is 15.7. The van der Waals surface area contributed by atoms with E-state index in [0.717, 1.165) is 44.6 Å². The largest absolute Gasteiger partial charge is 0.388 e. The third-order valence-electron chi connectivity index (χ3n) is 4.36. The molecule has 1 atom stereocenters. The Kier molecular flexibility index (Phi) is 3.96. The zero-order chi connectivity index (χ0) is 14.7. The first kappa shape index (κ1) is 14.1. The van der Waals surface area contributed by atoms with Crippen molar-refractivity contribution in [2.24, 2.45) is 0 Å². The van der Waals surface area contributed by atoms with Crippen molar-refractivity contribution in [2.45, 2.75) is 37.3 Å². The van der Waals surface area contributed by atoms with E-state index in [0.29, 0.717) is 6.54 Å². The molecule has 1 aromatic rings. The summed E-state index contributed by atoms with van der Waals surface area (Å²) in [4.78, 5) is 18.4. The van der Waals surface area contributed by atoms with Crippen LogP contribution >= 0.6 is 0 Å². The highest BCUT2D eigenvalue weighted by atomic mass is 16.3. The second-order valence-corrected chi connectivity index (χ2v) is 6.02. The fourth-order valence-corrected chi connectivity index (χ4v) is 2.87. The number of amides is 2. The third kappa shape index (κ3) is 3.44. The molecule has 2 aliphatic rings. The van der Waals surface area contributed by atoms with Crippen molar-refractivity contribution in [2.75, 3.05) is 24.5 Å². The number of urea groups is 1. The second-order valence-electron chi connectivity index (χ2n) is 6.02. The molecule has 0 aromatic carbocycles. The minimum atomic E-state index is -0.674. The van der Waals surface area contributed by atoms with E-state index >= 15 is 0 Å². The molecule has 1 unspecified atom stereocenters. The number of pyridine rings is 1. The number of carbonyl (C=O) groups is 1. The normalized spacial score (nSPS) is 23.5. The summed E-state index contributed by atoms with van der Waals surface area (Å²) in [6, 6.07) is 5.78. The van der Waals surface area contributed by atoms with Gasteiger partial charge in [0.2, 0.25) is 0 Å². The Morgan fingerprint density at radius 2 is 2.33 bits per heavy atom. The van der Waals surface area contributed by atoms with Crippen LogP contribution in [0.3, 0.4) is 0 Å². The maximum absolute atomic E-state index is 11.9. The smallest absolute Gasteiger partial charge is 0.315 e. The number of rotatable bonds is 4. The molecule has 1 aliphatic carbocycles. The zero-order valence-corrected chi connectivity index (χ0v) is 12.1. The molecule has 1 aromatic heterocycles. The Hall–Kier alpha value is -1.82. The summed E-state index contributed by atoms with van der Waals surface area (Å²) in [6.45, 7) is 2.01. The summed E-state index contributed by atoms with van der Waals surface area (Å²) in [7, 11) is 0. The molecule has 6 nitrogen and oxygen atoms in total. The summed E-state index contributed by atoms with van der Waals surface area (Å²) in [6.07, 6.45) is 5.30. The molecule has 0 spiro atoms. The van der Waals surface area contributed by atoms with Crippen LogP contribution in [0.5, 0.6) is 0 Å². The van der Waals surface area contributed by atoms with Gasteiger partial charge in [-0.25, -0.2) is 9.78 Å². The van der Waals surface area contributed by atoms with E-state index in [-0.39, 0.29) is 12.1 Å². The minimum absolute atomic E-state index is 0.128. The lowest BCUT2D eigenvalue weighted by molar-refractivity contribution is -0.0290. The van der Waals surface area contributed by atoms with Crippen molar-refractivity contribution in [1.29, 1.82) is 0 Å². The summed E-state index contributed by atoms with van der Waals surface area (Å²) in [5.41, 5.74) is -0.674. The highest BCUT2D eigenvalue weighted by Gasteiger charge is 2.34. The zero-order valence-electron chi connectivity index (χ0n) is 12.1. The molecule has 3 rings (SSSR count). The van der Waals surface area contributed by atoms with Crippen LogP contribution in [-0.4, -0.2) is 47.4 Å². The van der Waals surface area contributed by atoms with Crippen LogP contribution in [0.2, 0.25) is 0 Å². The van der Waals surface area contributed by atoms with Gasteiger partial charge in [-0.15, -0.1) is 0 Å². The lowest BCUT2D eigenvalue weighted by Gasteiger charge is -2.36. The molecular weight excluding hydrogens is 268 g/mol. The first-order valence-electron chi connectivity index (χ1n) is 7.57. The molecule has 1 saturated heterocycles. The lowest BCUT2D eigenvalue weighted by Crippen LogP contribution is -2.51. The third-order valence-corrected chi connectivity index (χ3v) is 4.36. The fourth-order valence-electron chi connectivity index (χ4n) is 2.87. The van der Waals surface area contributed by atoms with Gasteiger partial charge >= 0.3 is 6.03 Å². The number of anilines is 1. The summed E-state index contributed by atoms with van der Waals surface area (Å²) < 4.78 is 0. The van der Waals surface area contributed by atoms with Gasteiger partial charge in [0.25, 0.3) is 0 Å². The molecule has 0 radical (unpaired) electrons. The fraction of sp³-hybridized carbons (Fsp3) is 0.600. The Labute approximate surface area is 124 Å². The number of hydrogen-bond acceptors (Lipinski definition) is 4. The van der Waals surface area contributed by atoms with Crippen molar-refractivity contribution in [1.82, 2.24) is 15.6 Å². The Morgan fingerprint density at radius 1 is 1.48 bits per heavy atom. The predicted molar refractivity (Wildman–Crippen MR) is 80.2 cm³/mol. The molecule has 2 fully saturated rings. The first-order valence-corrected chi connectivity index (χ1v) is 7.57. The Morgan fingerprint density at radius 3 is 3.00 bits per heavy atom. The van der Waals surface area contributed by atoms with E-state index in [9.17, 15) is 9.90 Å². The molecule has 0 bridgehead atoms. The van der Waals surface area contributed by atoms with Gasteiger partial charge in [-0.1, -0.05) is 6.07 Å². The van der Waals surface area contributed by atoms with Gasteiger partial charge in [0.15, 0.2) is 0 Å². The molecule has 21 heavy (non-hydrogen) atoms. The number of aliphatic hydroxyl groups is 1. The standard InChI is InChI=1S/C15H22N4O2/c20-14(17-11-15(21)6-3-7-15)18-12-5-9-19(10-12)13-4-1-2-8-16-13/h1-2,4,8,12,21H,3,5-7,9-11H2,(H2,17,18,20). The van der Waals surface area contributed by atoms with Crippen molar-refractivity contribution in [3.63, 3.8) is 0 Å². The van der Waals surface area contributed by atoms with Crippen molar-refractivity contribution < 1.29 is 9.90 Å². The van der Waals surface area contributed by atoms with Gasteiger partial charge in [0.05, 0.1) is 5.60 Å². The van der Waals surface area contributed by atoms with Crippen LogP contribution < -0.4 is 15.5 Å². The Bertz CT molecular complexity index is 490. The van der Waals surface area contributed by atoms with Crippen LogP contribution in [0, 0.1) is 0 Å². The molecule has 2 amide bonds. The van der Waals surface area contributed by atoms with Crippen LogP contribution in [0.4, 0.5) is 10.6 Å². The van der Waals surface area contributed by atoms with Gasteiger partial charge in [-0.3, -0.25) is 0 Å². The molecule has 114 valence electrons. The first-order chi connectivity index (χ1) is 10.1. The van der Waals surface area contributed by atoms with Gasteiger partial charge in [-0.2, -0.15) is 0 Å². The van der Waals surface area contributed by atoms with E-state index in [1.54, 1.807) is 6.20 Å². The number of carbonyl (C=O) groups excluding carboxylic acids is 1. The van der Waals surface area contributed by atoms with Crippen LogP contribution in [0.1, 0.15) is 25.7 Å². The molecule has 6 heteroatoms.